The van der Waals surface area contributed by atoms with Crippen molar-refractivity contribution in [3.8, 4) is 17.1 Å². The van der Waals surface area contributed by atoms with Crippen LogP contribution >= 0.6 is 23.1 Å². The van der Waals surface area contributed by atoms with Crippen LogP contribution in [0, 0.1) is 6.92 Å². The Morgan fingerprint density at radius 3 is 2.71 bits per heavy atom. The maximum absolute atomic E-state index is 12.4. The molecule has 10 heteroatoms. The van der Waals surface area contributed by atoms with Gasteiger partial charge in [0.1, 0.15) is 11.6 Å². The van der Waals surface area contributed by atoms with Gasteiger partial charge in [-0.05, 0) is 24.6 Å². The molecule has 31 heavy (non-hydrogen) atoms. The van der Waals surface area contributed by atoms with E-state index in [1.54, 1.807) is 7.11 Å². The Kier molecular flexibility index (Phi) is 6.70. The lowest BCUT2D eigenvalue weighted by Crippen LogP contribution is -2.14. The SMILES string of the molecule is COCc1nnc(NC(=O)CSc2nnc(-c3ccccc3)n2-c2cccc(C)c2)s1. The van der Waals surface area contributed by atoms with Crippen LogP contribution in [-0.4, -0.2) is 43.7 Å². The second-order valence-electron chi connectivity index (χ2n) is 6.62. The van der Waals surface area contributed by atoms with Crippen molar-refractivity contribution >= 4 is 34.1 Å². The summed E-state index contributed by atoms with van der Waals surface area (Å²) >= 11 is 2.61. The largest absolute Gasteiger partial charge is 0.377 e. The van der Waals surface area contributed by atoms with Crippen molar-refractivity contribution in [1.82, 2.24) is 25.0 Å². The molecule has 1 amide bonds. The second kappa shape index (κ2) is 9.82. The number of ether oxygens (including phenoxy) is 1. The Balaban J connectivity index is 1.55. The average Bonchev–Trinajstić information content (AvgIpc) is 3.40. The third-order valence-electron chi connectivity index (χ3n) is 4.24. The van der Waals surface area contributed by atoms with Crippen molar-refractivity contribution in [2.75, 3.05) is 18.2 Å². The van der Waals surface area contributed by atoms with Crippen LogP contribution in [-0.2, 0) is 16.1 Å². The molecule has 4 rings (SSSR count). The number of aromatic nitrogens is 5. The van der Waals surface area contributed by atoms with Crippen molar-refractivity contribution < 1.29 is 9.53 Å². The molecule has 158 valence electrons. The Hall–Kier alpha value is -3.08. The lowest BCUT2D eigenvalue weighted by atomic mass is 10.2. The first-order chi connectivity index (χ1) is 15.1. The highest BCUT2D eigenvalue weighted by atomic mass is 32.2. The number of hydrogen-bond acceptors (Lipinski definition) is 8. The molecule has 0 saturated carbocycles. The molecule has 0 aliphatic rings. The molecule has 1 N–H and O–H groups in total. The van der Waals surface area contributed by atoms with Crippen molar-refractivity contribution in [1.29, 1.82) is 0 Å². The molecule has 0 atom stereocenters. The quantitative estimate of drug-likeness (QED) is 0.404. The number of carbonyl (C=O) groups is 1. The number of methoxy groups -OCH3 is 1. The highest BCUT2D eigenvalue weighted by molar-refractivity contribution is 7.99. The summed E-state index contributed by atoms with van der Waals surface area (Å²) in [5, 5.41) is 21.3. The summed E-state index contributed by atoms with van der Waals surface area (Å²) in [6.07, 6.45) is 0. The van der Waals surface area contributed by atoms with Crippen LogP contribution in [0.3, 0.4) is 0 Å². The summed E-state index contributed by atoms with van der Waals surface area (Å²) in [5.74, 6) is 0.699. The van der Waals surface area contributed by atoms with Crippen LogP contribution in [0.15, 0.2) is 59.8 Å². The van der Waals surface area contributed by atoms with E-state index in [1.165, 1.54) is 23.1 Å². The van der Waals surface area contributed by atoms with Crippen LogP contribution in [0.4, 0.5) is 5.13 Å². The maximum atomic E-state index is 12.4. The van der Waals surface area contributed by atoms with Crippen molar-refractivity contribution in [3.63, 3.8) is 0 Å². The predicted molar refractivity (Wildman–Crippen MR) is 122 cm³/mol. The number of thioether (sulfide) groups is 1. The van der Waals surface area contributed by atoms with Crippen LogP contribution in [0.1, 0.15) is 10.6 Å². The summed E-state index contributed by atoms with van der Waals surface area (Å²) in [6.45, 7) is 2.40. The Bertz CT molecular complexity index is 1180. The molecule has 0 aliphatic heterocycles. The van der Waals surface area contributed by atoms with Gasteiger partial charge in [0, 0.05) is 18.4 Å². The van der Waals surface area contributed by atoms with Gasteiger partial charge in [-0.2, -0.15) is 0 Å². The molecule has 2 aromatic carbocycles. The molecular weight excluding hydrogens is 432 g/mol. The van der Waals surface area contributed by atoms with Gasteiger partial charge in [0.25, 0.3) is 0 Å². The Labute approximate surface area is 187 Å². The number of amides is 1. The summed E-state index contributed by atoms with van der Waals surface area (Å²) in [6, 6.07) is 18.0. The van der Waals surface area contributed by atoms with E-state index >= 15 is 0 Å². The molecular formula is C21H20N6O2S2. The zero-order chi connectivity index (χ0) is 21.6. The van der Waals surface area contributed by atoms with Gasteiger partial charge in [-0.3, -0.25) is 14.7 Å². The summed E-state index contributed by atoms with van der Waals surface area (Å²) in [7, 11) is 1.59. The van der Waals surface area contributed by atoms with Crippen LogP contribution in [0.25, 0.3) is 17.1 Å². The molecule has 0 unspecified atom stereocenters. The number of aryl methyl sites for hydroxylation is 1. The van der Waals surface area contributed by atoms with Gasteiger partial charge in [0.2, 0.25) is 11.0 Å². The van der Waals surface area contributed by atoms with E-state index in [2.05, 4.69) is 31.8 Å². The Morgan fingerprint density at radius 1 is 1.10 bits per heavy atom. The normalized spacial score (nSPS) is 10.9. The number of benzene rings is 2. The second-order valence-corrected chi connectivity index (χ2v) is 8.62. The number of anilines is 1. The predicted octanol–water partition coefficient (Wildman–Crippen LogP) is 3.97. The molecule has 0 radical (unpaired) electrons. The van der Waals surface area contributed by atoms with Crippen LogP contribution in [0.5, 0.6) is 0 Å². The van der Waals surface area contributed by atoms with Gasteiger partial charge in [-0.15, -0.1) is 20.4 Å². The van der Waals surface area contributed by atoms with Gasteiger partial charge < -0.3 is 4.74 Å². The molecule has 0 bridgehead atoms. The standard InChI is InChI=1S/C21H20N6O2S2/c1-14-7-6-10-16(11-14)27-19(15-8-4-3-5-9-15)24-26-21(27)30-13-17(28)22-20-25-23-18(31-20)12-29-2/h3-11H,12-13H2,1-2H3,(H,22,25,28). The fraction of sp³-hybridized carbons (Fsp3) is 0.190. The summed E-state index contributed by atoms with van der Waals surface area (Å²) < 4.78 is 7.00. The minimum absolute atomic E-state index is 0.165. The van der Waals surface area contributed by atoms with Gasteiger partial charge in [-0.25, -0.2) is 0 Å². The van der Waals surface area contributed by atoms with E-state index in [4.69, 9.17) is 4.74 Å². The molecule has 0 saturated heterocycles. The third kappa shape index (κ3) is 5.16. The molecule has 8 nitrogen and oxygen atoms in total. The lowest BCUT2D eigenvalue weighted by Gasteiger charge is -2.11. The monoisotopic (exact) mass is 452 g/mol. The van der Waals surface area contributed by atoms with Gasteiger partial charge >= 0.3 is 0 Å². The number of nitrogens with zero attached hydrogens (tertiary/aromatic N) is 5. The van der Waals surface area contributed by atoms with Gasteiger partial charge in [-0.1, -0.05) is 65.6 Å². The average molecular weight is 453 g/mol. The first kappa shape index (κ1) is 21.2. The number of carbonyl (C=O) groups excluding carboxylic acids is 1. The molecule has 2 aromatic heterocycles. The van der Waals surface area contributed by atoms with E-state index in [9.17, 15) is 4.79 Å². The van der Waals surface area contributed by atoms with E-state index in [0.29, 0.717) is 21.9 Å². The summed E-state index contributed by atoms with van der Waals surface area (Å²) in [4.78, 5) is 12.4. The maximum Gasteiger partial charge on any atom is 0.236 e. The van der Waals surface area contributed by atoms with E-state index < -0.39 is 0 Å². The van der Waals surface area contributed by atoms with E-state index in [0.717, 1.165) is 22.6 Å². The number of rotatable bonds is 8. The smallest absolute Gasteiger partial charge is 0.236 e. The highest BCUT2D eigenvalue weighted by Gasteiger charge is 2.18. The van der Waals surface area contributed by atoms with E-state index in [1.807, 2.05) is 60.0 Å². The minimum atomic E-state index is -0.190. The van der Waals surface area contributed by atoms with Crippen molar-refractivity contribution in [2.24, 2.45) is 0 Å². The Morgan fingerprint density at radius 2 is 1.94 bits per heavy atom. The minimum Gasteiger partial charge on any atom is -0.377 e. The fourth-order valence-electron chi connectivity index (χ4n) is 2.91. The topological polar surface area (TPSA) is 94.8 Å². The van der Waals surface area contributed by atoms with Gasteiger partial charge in [0.15, 0.2) is 11.0 Å². The molecule has 0 fully saturated rings. The highest BCUT2D eigenvalue weighted by Crippen LogP contribution is 2.28. The molecule has 4 aromatic rings. The number of hydrogen-bond donors (Lipinski definition) is 1. The molecule has 2 heterocycles. The van der Waals surface area contributed by atoms with E-state index in [-0.39, 0.29) is 11.7 Å². The van der Waals surface area contributed by atoms with Crippen LogP contribution in [0.2, 0.25) is 0 Å². The first-order valence-corrected chi connectivity index (χ1v) is 11.3. The third-order valence-corrected chi connectivity index (χ3v) is 5.98. The lowest BCUT2D eigenvalue weighted by molar-refractivity contribution is -0.113. The van der Waals surface area contributed by atoms with Crippen LogP contribution < -0.4 is 5.32 Å². The zero-order valence-electron chi connectivity index (χ0n) is 17.0. The fourth-order valence-corrected chi connectivity index (χ4v) is 4.39. The number of nitrogens with one attached hydrogen (secondary N) is 1. The molecule has 0 spiro atoms. The van der Waals surface area contributed by atoms with Gasteiger partial charge in [0.05, 0.1) is 5.75 Å². The molecule has 0 aliphatic carbocycles. The van der Waals surface area contributed by atoms with Crippen molar-refractivity contribution in [2.45, 2.75) is 18.7 Å². The van der Waals surface area contributed by atoms with Crippen molar-refractivity contribution in [3.05, 3.63) is 65.2 Å². The first-order valence-electron chi connectivity index (χ1n) is 9.46. The summed E-state index contributed by atoms with van der Waals surface area (Å²) in [5.41, 5.74) is 3.02. The zero-order valence-corrected chi connectivity index (χ0v) is 18.6.